The Kier molecular flexibility index (Phi) is 4.73. The zero-order valence-electron chi connectivity index (χ0n) is 15.3. The van der Waals surface area contributed by atoms with Gasteiger partial charge in [0.25, 0.3) is 0 Å². The smallest absolute Gasteiger partial charge is 0.223 e. The molecule has 3 N–H and O–H groups in total. The van der Waals surface area contributed by atoms with Crippen LogP contribution in [0.4, 0.5) is 11.8 Å². The monoisotopic (exact) mass is 414 g/mol. The lowest BCUT2D eigenvalue weighted by atomic mass is 9.77. The Balaban J connectivity index is 1.34. The van der Waals surface area contributed by atoms with Crippen molar-refractivity contribution >= 4 is 34.9 Å². The van der Waals surface area contributed by atoms with E-state index in [1.807, 2.05) is 29.1 Å². The van der Waals surface area contributed by atoms with Crippen LogP contribution >= 0.6 is 23.1 Å². The lowest BCUT2D eigenvalue weighted by molar-refractivity contribution is 0.0306. The fourth-order valence-electron chi connectivity index (χ4n) is 4.42. The lowest BCUT2D eigenvalue weighted by Gasteiger charge is -2.35. The molecule has 9 heteroatoms. The van der Waals surface area contributed by atoms with Gasteiger partial charge in [0.2, 0.25) is 5.95 Å². The van der Waals surface area contributed by atoms with Gasteiger partial charge in [0, 0.05) is 31.5 Å². The summed E-state index contributed by atoms with van der Waals surface area (Å²) in [6.07, 6.45) is 5.09. The zero-order valence-corrected chi connectivity index (χ0v) is 16.9. The van der Waals surface area contributed by atoms with Gasteiger partial charge in [-0.15, -0.1) is 11.3 Å². The summed E-state index contributed by atoms with van der Waals surface area (Å²) in [6.45, 7) is 1.82. The summed E-state index contributed by atoms with van der Waals surface area (Å²) < 4.78 is 3.09. The normalized spacial score (nSPS) is 27.1. The Hall–Kier alpha value is -2.10. The minimum atomic E-state index is -0.360. The van der Waals surface area contributed by atoms with Crippen LogP contribution in [-0.2, 0) is 0 Å². The number of rotatable bonds is 4. The summed E-state index contributed by atoms with van der Waals surface area (Å²) in [4.78, 5) is 11.2. The number of hydrogen-bond acceptors (Lipinski definition) is 8. The lowest BCUT2D eigenvalue weighted by Crippen LogP contribution is -2.36. The van der Waals surface area contributed by atoms with E-state index in [2.05, 4.69) is 31.4 Å². The molecule has 2 aliphatic rings. The number of aliphatic hydroxyl groups is 1. The third-order valence-electron chi connectivity index (χ3n) is 5.70. The molecule has 0 aromatic carbocycles. The quantitative estimate of drug-likeness (QED) is 0.634. The van der Waals surface area contributed by atoms with Crippen molar-refractivity contribution in [3.63, 3.8) is 0 Å². The maximum atomic E-state index is 10.6. The molecule has 28 heavy (non-hydrogen) atoms. The van der Waals surface area contributed by atoms with Gasteiger partial charge < -0.3 is 15.7 Å². The van der Waals surface area contributed by atoms with Crippen molar-refractivity contribution in [1.29, 1.82) is 0 Å². The van der Waals surface area contributed by atoms with Crippen LogP contribution in [0, 0.1) is 11.8 Å². The fraction of sp³-hybridized carbons (Fsp3) is 0.421. The number of nitrogens with zero attached hydrogens (tertiary/aromatic N) is 5. The van der Waals surface area contributed by atoms with E-state index >= 15 is 0 Å². The molecular formula is C19H22N6OS2. The molecular weight excluding hydrogens is 392 g/mol. The molecule has 0 bridgehead atoms. The fourth-order valence-corrected chi connectivity index (χ4v) is 6.14. The van der Waals surface area contributed by atoms with Crippen LogP contribution in [0.15, 0.2) is 51.3 Å². The summed E-state index contributed by atoms with van der Waals surface area (Å²) in [7, 11) is 0. The molecule has 7 nitrogen and oxygen atoms in total. The minimum Gasteiger partial charge on any atom is -0.391 e. The van der Waals surface area contributed by atoms with Gasteiger partial charge in [-0.3, -0.25) is 4.68 Å². The van der Waals surface area contributed by atoms with Crippen molar-refractivity contribution in [2.75, 3.05) is 23.7 Å². The number of aliphatic hydroxyl groups excluding tert-OH is 1. The van der Waals surface area contributed by atoms with E-state index in [4.69, 9.17) is 5.73 Å². The summed E-state index contributed by atoms with van der Waals surface area (Å²) >= 11 is 3.30. The number of thiophene rings is 1. The zero-order chi connectivity index (χ0) is 19.1. The molecule has 0 unspecified atom stereocenters. The molecule has 3 aromatic rings. The first kappa shape index (κ1) is 18.0. The van der Waals surface area contributed by atoms with Crippen molar-refractivity contribution in [2.45, 2.75) is 34.2 Å². The van der Waals surface area contributed by atoms with Crippen LogP contribution in [0.2, 0.25) is 0 Å². The maximum Gasteiger partial charge on any atom is 0.223 e. The second-order valence-electron chi connectivity index (χ2n) is 7.47. The van der Waals surface area contributed by atoms with Crippen molar-refractivity contribution in [3.8, 4) is 0 Å². The highest BCUT2D eigenvalue weighted by atomic mass is 32.2. The SMILES string of the molecule is Nc1nc(Sc2cccs2)cc(N2C[C@H]3C[C@@H](n4cccn4)[C@H](O)C[C@H]3C2)n1. The molecule has 1 aliphatic heterocycles. The number of fused-ring (bicyclic) bond motifs is 1. The highest BCUT2D eigenvalue weighted by Gasteiger charge is 2.43. The van der Waals surface area contributed by atoms with E-state index in [1.54, 1.807) is 29.3 Å². The molecule has 3 aromatic heterocycles. The van der Waals surface area contributed by atoms with Crippen LogP contribution in [0.3, 0.4) is 0 Å². The molecule has 4 heterocycles. The van der Waals surface area contributed by atoms with Gasteiger partial charge in [-0.2, -0.15) is 10.1 Å². The van der Waals surface area contributed by atoms with Gasteiger partial charge >= 0.3 is 0 Å². The van der Waals surface area contributed by atoms with E-state index in [-0.39, 0.29) is 12.1 Å². The Labute approximate surface area is 171 Å². The first-order valence-corrected chi connectivity index (χ1v) is 11.1. The molecule has 0 spiro atoms. The van der Waals surface area contributed by atoms with Crippen LogP contribution in [-0.4, -0.2) is 44.0 Å². The second kappa shape index (κ2) is 7.38. The summed E-state index contributed by atoms with van der Waals surface area (Å²) in [5.41, 5.74) is 6.00. The number of aromatic nitrogens is 4. The highest BCUT2D eigenvalue weighted by molar-refractivity contribution is 8.01. The standard InChI is InChI=1S/C19H22N6OS2/c20-19-22-16(9-17(23-19)28-18-3-1-6-27-18)24-10-12-7-14(25-5-2-4-21-25)15(26)8-13(12)11-24/h1-6,9,12-15,26H,7-8,10-11H2,(H2,20,22,23)/t12-,13+,14-,15-/m1/s1. The molecule has 4 atom stereocenters. The highest BCUT2D eigenvalue weighted by Crippen LogP contribution is 2.42. The molecule has 5 rings (SSSR count). The van der Waals surface area contributed by atoms with Crippen LogP contribution in [0.1, 0.15) is 18.9 Å². The third-order valence-corrected chi connectivity index (χ3v) is 7.66. The van der Waals surface area contributed by atoms with Gasteiger partial charge in [-0.25, -0.2) is 4.98 Å². The van der Waals surface area contributed by atoms with Crippen molar-refractivity contribution in [1.82, 2.24) is 19.7 Å². The van der Waals surface area contributed by atoms with Crippen LogP contribution in [0.25, 0.3) is 0 Å². The van der Waals surface area contributed by atoms with Gasteiger partial charge in [0.15, 0.2) is 0 Å². The molecule has 2 fully saturated rings. The van der Waals surface area contributed by atoms with Gasteiger partial charge in [-0.05, 0) is 42.2 Å². The van der Waals surface area contributed by atoms with Gasteiger partial charge in [0.1, 0.15) is 10.8 Å². The van der Waals surface area contributed by atoms with E-state index in [1.165, 1.54) is 4.21 Å². The van der Waals surface area contributed by atoms with E-state index in [0.717, 1.165) is 36.8 Å². The molecule has 0 amide bonds. The van der Waals surface area contributed by atoms with Crippen molar-refractivity contribution in [3.05, 3.63) is 42.0 Å². The second-order valence-corrected chi connectivity index (χ2v) is 9.74. The third kappa shape index (κ3) is 3.49. The molecule has 0 radical (unpaired) electrons. The van der Waals surface area contributed by atoms with E-state index < -0.39 is 0 Å². The molecule has 1 saturated heterocycles. The van der Waals surface area contributed by atoms with Gasteiger partial charge in [-0.1, -0.05) is 17.8 Å². The first-order valence-electron chi connectivity index (χ1n) is 9.44. The Bertz CT molecular complexity index is 932. The predicted molar refractivity (Wildman–Crippen MR) is 111 cm³/mol. The maximum absolute atomic E-state index is 10.6. The van der Waals surface area contributed by atoms with Crippen LogP contribution < -0.4 is 10.6 Å². The minimum absolute atomic E-state index is 0.0524. The summed E-state index contributed by atoms with van der Waals surface area (Å²) in [6, 6.07) is 8.10. The Morgan fingerprint density at radius 2 is 2.04 bits per heavy atom. The average Bonchev–Trinajstić information content (AvgIpc) is 3.42. The Morgan fingerprint density at radius 1 is 1.18 bits per heavy atom. The largest absolute Gasteiger partial charge is 0.391 e. The van der Waals surface area contributed by atoms with Crippen molar-refractivity contribution in [2.24, 2.45) is 11.8 Å². The topological polar surface area (TPSA) is 93.1 Å². The molecule has 146 valence electrons. The molecule has 1 saturated carbocycles. The van der Waals surface area contributed by atoms with Crippen molar-refractivity contribution < 1.29 is 5.11 Å². The first-order chi connectivity index (χ1) is 13.7. The number of anilines is 2. The predicted octanol–water partition coefficient (Wildman–Crippen LogP) is 2.92. The Morgan fingerprint density at radius 3 is 2.79 bits per heavy atom. The number of hydrogen-bond donors (Lipinski definition) is 2. The van der Waals surface area contributed by atoms with E-state index in [0.29, 0.717) is 17.8 Å². The van der Waals surface area contributed by atoms with E-state index in [9.17, 15) is 5.11 Å². The van der Waals surface area contributed by atoms with Crippen LogP contribution in [0.5, 0.6) is 0 Å². The summed E-state index contributed by atoms with van der Waals surface area (Å²) in [5, 5.41) is 17.9. The van der Waals surface area contributed by atoms with Gasteiger partial charge in [0.05, 0.1) is 16.4 Å². The summed E-state index contributed by atoms with van der Waals surface area (Å²) in [5.74, 6) is 2.17. The number of nitrogens with two attached hydrogens (primary N) is 1. The average molecular weight is 415 g/mol. The number of nitrogen functional groups attached to an aromatic ring is 1. The molecule has 1 aliphatic carbocycles.